The average molecular weight is 494 g/mol. The van der Waals surface area contributed by atoms with Crippen LogP contribution in [0.3, 0.4) is 0 Å². The van der Waals surface area contributed by atoms with Crippen LogP contribution in [-0.4, -0.2) is 43.1 Å². The Balaban J connectivity index is 3.11. The molecule has 0 aliphatic rings. The van der Waals surface area contributed by atoms with Gasteiger partial charge in [0.15, 0.2) is 11.5 Å². The summed E-state index contributed by atoms with van der Waals surface area (Å²) in [4.78, 5) is 48.8. The summed E-state index contributed by atoms with van der Waals surface area (Å²) in [5.74, 6) is -2.33. The van der Waals surface area contributed by atoms with Crippen molar-refractivity contribution in [2.75, 3.05) is 13.7 Å². The molecular formula is C26H39NO8. The minimum Gasteiger partial charge on any atom is -0.468 e. The summed E-state index contributed by atoms with van der Waals surface area (Å²) in [6.07, 6.45) is 1.02. The number of methoxy groups -OCH3 is 1. The van der Waals surface area contributed by atoms with Gasteiger partial charge in [0.25, 0.3) is 0 Å². The van der Waals surface area contributed by atoms with E-state index in [-0.39, 0.29) is 49.3 Å². The normalized spacial score (nSPS) is 12.9. The molecule has 0 fully saturated rings. The van der Waals surface area contributed by atoms with Gasteiger partial charge in [-0.25, -0.2) is 0 Å². The summed E-state index contributed by atoms with van der Waals surface area (Å²) < 4.78 is 21.0. The van der Waals surface area contributed by atoms with E-state index >= 15 is 0 Å². The largest absolute Gasteiger partial charge is 0.468 e. The molecular weight excluding hydrogens is 454 g/mol. The Hall–Kier alpha value is -2.94. The molecule has 0 bridgehead atoms. The Morgan fingerprint density at radius 1 is 0.914 bits per heavy atom. The fourth-order valence-electron chi connectivity index (χ4n) is 2.93. The summed E-state index contributed by atoms with van der Waals surface area (Å²) >= 11 is 0. The monoisotopic (exact) mass is 493 g/mol. The van der Waals surface area contributed by atoms with Crippen LogP contribution >= 0.6 is 0 Å². The Morgan fingerprint density at radius 3 is 2.00 bits per heavy atom. The highest BCUT2D eigenvalue weighted by atomic mass is 16.6. The van der Waals surface area contributed by atoms with Crippen molar-refractivity contribution in [3.63, 3.8) is 0 Å². The first-order valence-electron chi connectivity index (χ1n) is 11.9. The molecule has 0 unspecified atom stereocenters. The number of carbonyl (C=O) groups excluding carboxylic acids is 4. The van der Waals surface area contributed by atoms with Crippen molar-refractivity contribution < 1.29 is 38.1 Å². The molecule has 196 valence electrons. The summed E-state index contributed by atoms with van der Waals surface area (Å²) in [5.41, 5.74) is 5.44. The van der Waals surface area contributed by atoms with Crippen LogP contribution in [0.2, 0.25) is 0 Å². The first kappa shape index (κ1) is 30.1. The van der Waals surface area contributed by atoms with Crippen molar-refractivity contribution in [1.82, 2.24) is 0 Å². The predicted molar refractivity (Wildman–Crippen MR) is 130 cm³/mol. The van der Waals surface area contributed by atoms with Gasteiger partial charge in [-0.05, 0) is 30.0 Å². The molecule has 0 saturated heterocycles. The lowest BCUT2D eigenvalue weighted by Gasteiger charge is -2.27. The molecule has 0 spiro atoms. The highest BCUT2D eigenvalue weighted by molar-refractivity contribution is 5.81. The van der Waals surface area contributed by atoms with Crippen LogP contribution in [0, 0.1) is 17.8 Å². The van der Waals surface area contributed by atoms with Crippen LogP contribution in [0.1, 0.15) is 66.4 Å². The van der Waals surface area contributed by atoms with Crippen molar-refractivity contribution in [2.45, 2.75) is 72.8 Å². The Labute approximate surface area is 207 Å². The molecule has 0 aliphatic heterocycles. The smallest absolute Gasteiger partial charge is 0.326 e. The summed E-state index contributed by atoms with van der Waals surface area (Å²) in [6, 6.07) is 4.61. The molecule has 0 saturated carbocycles. The van der Waals surface area contributed by atoms with Crippen molar-refractivity contribution in [1.29, 1.82) is 0 Å². The quantitative estimate of drug-likeness (QED) is 0.323. The van der Waals surface area contributed by atoms with Gasteiger partial charge in [0.2, 0.25) is 0 Å². The minimum absolute atomic E-state index is 0.00779. The van der Waals surface area contributed by atoms with Crippen molar-refractivity contribution >= 4 is 23.9 Å². The Morgan fingerprint density at radius 2 is 1.49 bits per heavy atom. The van der Waals surface area contributed by atoms with Gasteiger partial charge in [0.1, 0.15) is 5.54 Å². The third-order valence-corrected chi connectivity index (χ3v) is 5.22. The van der Waals surface area contributed by atoms with E-state index in [0.717, 1.165) is 0 Å². The second kappa shape index (κ2) is 13.8. The summed E-state index contributed by atoms with van der Waals surface area (Å²) in [5, 5.41) is 0. The highest BCUT2D eigenvalue weighted by Gasteiger charge is 2.36. The number of rotatable bonds is 13. The molecule has 0 radical (unpaired) electrons. The van der Waals surface area contributed by atoms with Crippen LogP contribution in [0.4, 0.5) is 0 Å². The molecule has 2 N–H and O–H groups in total. The number of carbonyl (C=O) groups is 4. The molecule has 0 aliphatic carbocycles. The molecule has 0 aromatic heterocycles. The van der Waals surface area contributed by atoms with Crippen molar-refractivity contribution in [3.05, 3.63) is 23.8 Å². The van der Waals surface area contributed by atoms with Gasteiger partial charge in [-0.15, -0.1) is 0 Å². The topological polar surface area (TPSA) is 131 Å². The molecule has 1 aromatic carbocycles. The summed E-state index contributed by atoms with van der Waals surface area (Å²) in [7, 11) is 1.23. The lowest BCUT2D eigenvalue weighted by atomic mass is 9.88. The van der Waals surface area contributed by atoms with E-state index in [1.807, 2.05) is 13.8 Å². The van der Waals surface area contributed by atoms with Gasteiger partial charge in [0, 0.05) is 19.3 Å². The molecule has 9 nitrogen and oxygen atoms in total. The van der Waals surface area contributed by atoms with E-state index in [4.69, 9.17) is 24.7 Å². The fourth-order valence-corrected chi connectivity index (χ4v) is 2.93. The van der Waals surface area contributed by atoms with E-state index in [0.29, 0.717) is 17.9 Å². The molecule has 0 heterocycles. The van der Waals surface area contributed by atoms with Gasteiger partial charge < -0.3 is 24.7 Å². The van der Waals surface area contributed by atoms with E-state index in [2.05, 4.69) is 0 Å². The molecule has 1 aromatic rings. The van der Waals surface area contributed by atoms with Crippen LogP contribution in [0.25, 0.3) is 0 Å². The maximum Gasteiger partial charge on any atom is 0.326 e. The Kier molecular flexibility index (Phi) is 11.9. The first-order chi connectivity index (χ1) is 16.3. The molecule has 35 heavy (non-hydrogen) atoms. The van der Waals surface area contributed by atoms with Gasteiger partial charge >= 0.3 is 23.9 Å². The predicted octanol–water partition coefficient (Wildman–Crippen LogP) is 3.59. The first-order valence-corrected chi connectivity index (χ1v) is 11.9. The third kappa shape index (κ3) is 10.1. The standard InChI is InChI=1S/C26H39NO8/c1-16(2)8-11-22(28)33-13-12-26(27,25(31)32-7)15-19-9-10-20(34-23(29)17(3)4)21(14-19)35-24(30)18(5)6/h9-10,14,16-18H,8,11-13,15,27H2,1-7H3/t26-/m1/s1. The summed E-state index contributed by atoms with van der Waals surface area (Å²) in [6.45, 7) is 10.7. The number of hydrogen-bond acceptors (Lipinski definition) is 9. The third-order valence-electron chi connectivity index (χ3n) is 5.22. The average Bonchev–Trinajstić information content (AvgIpc) is 2.78. The van der Waals surface area contributed by atoms with Crippen molar-refractivity contribution in [2.24, 2.45) is 23.5 Å². The second-order valence-corrected chi connectivity index (χ2v) is 9.66. The zero-order valence-electron chi connectivity index (χ0n) is 21.8. The zero-order valence-corrected chi connectivity index (χ0v) is 21.8. The van der Waals surface area contributed by atoms with E-state index in [9.17, 15) is 19.2 Å². The molecule has 1 rings (SSSR count). The maximum atomic E-state index is 12.5. The molecule has 9 heteroatoms. The lowest BCUT2D eigenvalue weighted by Crippen LogP contribution is -2.51. The number of esters is 4. The number of hydrogen-bond donors (Lipinski definition) is 1. The van der Waals surface area contributed by atoms with Crippen LogP contribution < -0.4 is 15.2 Å². The SMILES string of the molecule is COC(=O)[C@@](N)(CCOC(=O)CCC(C)C)Cc1ccc(OC(=O)C(C)C)c(OC(=O)C(C)C)c1. The maximum absolute atomic E-state index is 12.5. The lowest BCUT2D eigenvalue weighted by molar-refractivity contribution is -0.151. The van der Waals surface area contributed by atoms with Gasteiger partial charge in [-0.2, -0.15) is 0 Å². The van der Waals surface area contributed by atoms with Crippen LogP contribution in [0.15, 0.2) is 18.2 Å². The van der Waals surface area contributed by atoms with Crippen LogP contribution in [0.5, 0.6) is 11.5 Å². The minimum atomic E-state index is -1.50. The molecule has 1 atom stereocenters. The molecule has 0 amide bonds. The number of nitrogens with two attached hydrogens (primary N) is 1. The fraction of sp³-hybridized carbons (Fsp3) is 0.615. The number of benzene rings is 1. The van der Waals surface area contributed by atoms with Gasteiger partial charge in [0.05, 0.1) is 25.6 Å². The Bertz CT molecular complexity index is 893. The number of ether oxygens (including phenoxy) is 4. The van der Waals surface area contributed by atoms with Crippen LogP contribution in [-0.2, 0) is 35.1 Å². The van der Waals surface area contributed by atoms with Crippen molar-refractivity contribution in [3.8, 4) is 11.5 Å². The van der Waals surface area contributed by atoms with E-state index < -0.39 is 29.4 Å². The van der Waals surface area contributed by atoms with E-state index in [1.54, 1.807) is 33.8 Å². The zero-order chi connectivity index (χ0) is 26.8. The van der Waals surface area contributed by atoms with E-state index in [1.165, 1.54) is 19.2 Å². The van der Waals surface area contributed by atoms with Gasteiger partial charge in [-0.1, -0.05) is 47.6 Å². The van der Waals surface area contributed by atoms with Gasteiger partial charge in [-0.3, -0.25) is 19.2 Å². The highest BCUT2D eigenvalue weighted by Crippen LogP contribution is 2.31. The second-order valence-electron chi connectivity index (χ2n) is 9.66.